The summed E-state index contributed by atoms with van der Waals surface area (Å²) in [6.07, 6.45) is 1.32. The lowest BCUT2D eigenvalue weighted by atomic mass is 10.3. The quantitative estimate of drug-likeness (QED) is 0.584. The third-order valence-corrected chi connectivity index (χ3v) is 1.28. The summed E-state index contributed by atoms with van der Waals surface area (Å²) < 4.78 is 11.6. The highest BCUT2D eigenvalue weighted by Gasteiger charge is 2.09. The van der Waals surface area contributed by atoms with Crippen molar-refractivity contribution in [1.29, 1.82) is 0 Å². The molecule has 1 aromatic rings. The molecule has 1 heterocycles. The van der Waals surface area contributed by atoms with Crippen LogP contribution < -0.4 is 11.1 Å². The SMILES string of the molecule is Nc1cn[nH]c1C(=O)NCCF. The number of aromatic nitrogens is 2. The standard InChI is InChI=1S/C6H9FN4O/c7-1-2-9-6(12)5-4(8)3-10-11-5/h3H,1-2,8H2,(H,9,12)(H,10,11). The Balaban J connectivity index is 2.59. The number of nitrogens with two attached hydrogens (primary N) is 1. The summed E-state index contributed by atoms with van der Waals surface area (Å²) in [5.74, 6) is -0.442. The van der Waals surface area contributed by atoms with Crippen LogP contribution >= 0.6 is 0 Å². The minimum atomic E-state index is -0.597. The molecule has 0 unspecified atom stereocenters. The van der Waals surface area contributed by atoms with Gasteiger partial charge in [-0.25, -0.2) is 4.39 Å². The van der Waals surface area contributed by atoms with E-state index >= 15 is 0 Å². The zero-order valence-corrected chi connectivity index (χ0v) is 6.30. The maximum atomic E-state index is 11.6. The van der Waals surface area contributed by atoms with E-state index in [2.05, 4.69) is 15.5 Å². The Morgan fingerprint density at radius 1 is 1.83 bits per heavy atom. The number of H-pyrrole nitrogens is 1. The Morgan fingerprint density at radius 3 is 3.08 bits per heavy atom. The first kappa shape index (κ1) is 8.51. The van der Waals surface area contributed by atoms with Crippen molar-refractivity contribution < 1.29 is 9.18 Å². The maximum absolute atomic E-state index is 11.6. The van der Waals surface area contributed by atoms with Crippen LogP contribution in [0.1, 0.15) is 10.5 Å². The van der Waals surface area contributed by atoms with E-state index in [1.165, 1.54) is 6.20 Å². The Hall–Kier alpha value is -1.59. The van der Waals surface area contributed by atoms with Crippen molar-refractivity contribution in [3.63, 3.8) is 0 Å². The number of nitrogens with one attached hydrogen (secondary N) is 2. The molecule has 0 bridgehead atoms. The van der Waals surface area contributed by atoms with Gasteiger partial charge >= 0.3 is 0 Å². The molecule has 0 spiro atoms. The van der Waals surface area contributed by atoms with E-state index in [-0.39, 0.29) is 17.9 Å². The fourth-order valence-electron chi connectivity index (χ4n) is 0.726. The van der Waals surface area contributed by atoms with E-state index in [1.54, 1.807) is 0 Å². The van der Waals surface area contributed by atoms with Crippen molar-refractivity contribution in [3.05, 3.63) is 11.9 Å². The highest BCUT2D eigenvalue weighted by Crippen LogP contribution is 2.04. The van der Waals surface area contributed by atoms with Crippen LogP contribution in [0, 0.1) is 0 Å². The third kappa shape index (κ3) is 1.71. The maximum Gasteiger partial charge on any atom is 0.271 e. The van der Waals surface area contributed by atoms with E-state index < -0.39 is 12.6 Å². The predicted octanol–water partition coefficient (Wildman–Crippen LogP) is -0.309. The topological polar surface area (TPSA) is 83.8 Å². The number of amides is 1. The second-order valence-electron chi connectivity index (χ2n) is 2.15. The van der Waals surface area contributed by atoms with Crippen molar-refractivity contribution in [3.8, 4) is 0 Å². The molecule has 0 saturated heterocycles. The van der Waals surface area contributed by atoms with E-state index in [0.717, 1.165) is 0 Å². The van der Waals surface area contributed by atoms with Crippen LogP contribution in [-0.2, 0) is 0 Å². The number of rotatable bonds is 3. The van der Waals surface area contributed by atoms with Gasteiger partial charge in [0.25, 0.3) is 5.91 Å². The number of hydrogen-bond acceptors (Lipinski definition) is 3. The highest BCUT2D eigenvalue weighted by molar-refractivity contribution is 5.96. The molecular formula is C6H9FN4O. The highest BCUT2D eigenvalue weighted by atomic mass is 19.1. The van der Waals surface area contributed by atoms with Crippen LogP contribution in [0.15, 0.2) is 6.20 Å². The van der Waals surface area contributed by atoms with Gasteiger partial charge in [-0.05, 0) is 0 Å². The first-order chi connectivity index (χ1) is 5.75. The van der Waals surface area contributed by atoms with Crippen LogP contribution in [0.25, 0.3) is 0 Å². The van der Waals surface area contributed by atoms with Gasteiger partial charge in [0.05, 0.1) is 11.9 Å². The zero-order chi connectivity index (χ0) is 8.97. The fourth-order valence-corrected chi connectivity index (χ4v) is 0.726. The summed E-state index contributed by atoms with van der Waals surface area (Å²) in [5, 5.41) is 8.26. The van der Waals surface area contributed by atoms with Crippen molar-refractivity contribution in [2.45, 2.75) is 0 Å². The molecule has 0 atom stereocenters. The van der Waals surface area contributed by atoms with Gasteiger partial charge in [0.15, 0.2) is 0 Å². The normalized spacial score (nSPS) is 9.75. The first-order valence-corrected chi connectivity index (χ1v) is 3.38. The number of alkyl halides is 1. The van der Waals surface area contributed by atoms with Crippen LogP contribution in [0.4, 0.5) is 10.1 Å². The Bertz CT molecular complexity index is 272. The largest absolute Gasteiger partial charge is 0.396 e. The van der Waals surface area contributed by atoms with Crippen molar-refractivity contribution in [2.75, 3.05) is 19.0 Å². The number of aromatic amines is 1. The van der Waals surface area contributed by atoms with Gasteiger partial charge in [0.2, 0.25) is 0 Å². The van der Waals surface area contributed by atoms with Crippen LogP contribution in [0.3, 0.4) is 0 Å². The van der Waals surface area contributed by atoms with Gasteiger partial charge in [0, 0.05) is 6.54 Å². The number of hydrogen-bond donors (Lipinski definition) is 3. The van der Waals surface area contributed by atoms with E-state index in [4.69, 9.17) is 5.73 Å². The molecule has 1 rings (SSSR count). The predicted molar refractivity (Wildman–Crippen MR) is 41.3 cm³/mol. The number of anilines is 1. The lowest BCUT2D eigenvalue weighted by Crippen LogP contribution is -2.26. The van der Waals surface area contributed by atoms with Crippen LogP contribution in [0.2, 0.25) is 0 Å². The molecule has 4 N–H and O–H groups in total. The van der Waals surface area contributed by atoms with E-state index in [0.29, 0.717) is 0 Å². The monoisotopic (exact) mass is 172 g/mol. The summed E-state index contributed by atoms with van der Waals surface area (Å²) in [6, 6.07) is 0. The van der Waals surface area contributed by atoms with Crippen molar-refractivity contribution in [1.82, 2.24) is 15.5 Å². The molecule has 0 fully saturated rings. The van der Waals surface area contributed by atoms with Gasteiger partial charge in [-0.2, -0.15) is 5.10 Å². The molecule has 5 nitrogen and oxygen atoms in total. The third-order valence-electron chi connectivity index (χ3n) is 1.28. The minimum absolute atomic E-state index is 0.0166. The Labute approximate surface area is 68.1 Å². The van der Waals surface area contributed by atoms with Crippen molar-refractivity contribution in [2.24, 2.45) is 0 Å². The Morgan fingerprint density at radius 2 is 2.58 bits per heavy atom. The second kappa shape index (κ2) is 3.70. The molecule has 0 aliphatic heterocycles. The molecule has 66 valence electrons. The average molecular weight is 172 g/mol. The van der Waals surface area contributed by atoms with Crippen molar-refractivity contribution >= 4 is 11.6 Å². The lowest BCUT2D eigenvalue weighted by Gasteiger charge is -1.99. The summed E-state index contributed by atoms with van der Waals surface area (Å²) >= 11 is 0. The van der Waals surface area contributed by atoms with Gasteiger partial charge in [0.1, 0.15) is 12.4 Å². The summed E-state index contributed by atoms with van der Waals surface area (Å²) in [5.41, 5.74) is 5.79. The van der Waals surface area contributed by atoms with Gasteiger partial charge in [-0.1, -0.05) is 0 Å². The number of carbonyl (C=O) groups is 1. The molecule has 0 radical (unpaired) electrons. The number of nitrogens with zero attached hydrogens (tertiary/aromatic N) is 1. The lowest BCUT2D eigenvalue weighted by molar-refractivity contribution is 0.0946. The minimum Gasteiger partial charge on any atom is -0.396 e. The van der Waals surface area contributed by atoms with Gasteiger partial charge in [-0.15, -0.1) is 0 Å². The molecule has 6 heteroatoms. The molecule has 1 aromatic heterocycles. The van der Waals surface area contributed by atoms with Crippen LogP contribution in [-0.4, -0.2) is 29.3 Å². The molecule has 0 aliphatic carbocycles. The van der Waals surface area contributed by atoms with Gasteiger partial charge < -0.3 is 11.1 Å². The molecule has 1 amide bonds. The fraction of sp³-hybridized carbons (Fsp3) is 0.333. The molecular weight excluding hydrogens is 163 g/mol. The molecule has 0 saturated carbocycles. The second-order valence-corrected chi connectivity index (χ2v) is 2.15. The number of carbonyl (C=O) groups excluding carboxylic acids is 1. The summed E-state index contributed by atoms with van der Waals surface area (Å²) in [7, 11) is 0. The number of nitrogen functional groups attached to an aromatic ring is 1. The molecule has 0 aliphatic rings. The van der Waals surface area contributed by atoms with Gasteiger partial charge in [-0.3, -0.25) is 9.89 Å². The zero-order valence-electron chi connectivity index (χ0n) is 6.30. The Kier molecular flexibility index (Phi) is 2.62. The number of halogens is 1. The van der Waals surface area contributed by atoms with E-state index in [9.17, 15) is 9.18 Å². The summed E-state index contributed by atoms with van der Waals surface area (Å²) in [6.45, 7) is -0.614. The first-order valence-electron chi connectivity index (χ1n) is 3.38. The van der Waals surface area contributed by atoms with E-state index in [1.807, 2.05) is 0 Å². The smallest absolute Gasteiger partial charge is 0.271 e. The van der Waals surface area contributed by atoms with Crippen LogP contribution in [0.5, 0.6) is 0 Å². The molecule has 0 aromatic carbocycles. The average Bonchev–Trinajstić information content (AvgIpc) is 2.47. The summed E-state index contributed by atoms with van der Waals surface area (Å²) in [4.78, 5) is 11.1. The molecule has 12 heavy (non-hydrogen) atoms.